The monoisotopic (exact) mass is 302 g/mol. The van der Waals surface area contributed by atoms with Gasteiger partial charge in [-0.3, -0.25) is 0 Å². The van der Waals surface area contributed by atoms with E-state index >= 15 is 0 Å². The number of nitrogens with one attached hydrogen (secondary N) is 2. The average molecular weight is 302 g/mol. The van der Waals surface area contributed by atoms with Crippen LogP contribution in [0.4, 0.5) is 4.79 Å². The summed E-state index contributed by atoms with van der Waals surface area (Å²) in [5, 5.41) is 7.48. The van der Waals surface area contributed by atoms with Crippen molar-refractivity contribution in [2.75, 3.05) is 18.6 Å². The first-order chi connectivity index (χ1) is 8.89. The fraction of sp³-hybridized carbons (Fsp3) is 0.583. The Bertz CT molecular complexity index is 533. The maximum Gasteiger partial charge on any atom is 0.315 e. The van der Waals surface area contributed by atoms with Gasteiger partial charge in [-0.05, 0) is 24.3 Å². The van der Waals surface area contributed by atoms with Gasteiger partial charge in [-0.1, -0.05) is 6.07 Å². The molecule has 2 amide bonds. The molecule has 1 fully saturated rings. The molecule has 1 saturated carbocycles. The van der Waals surface area contributed by atoms with Gasteiger partial charge in [0.05, 0.1) is 12.3 Å². The molecule has 0 bridgehead atoms. The molecule has 0 atom stereocenters. The SMILES string of the molecule is CS(=O)(=O)CC1(CNC(=O)NCc2cccs2)CC1. The van der Waals surface area contributed by atoms with Crippen molar-refractivity contribution in [3.63, 3.8) is 0 Å². The molecule has 0 aromatic carbocycles. The van der Waals surface area contributed by atoms with E-state index in [9.17, 15) is 13.2 Å². The molecule has 1 aromatic heterocycles. The minimum atomic E-state index is -2.98. The second-order valence-corrected chi connectivity index (χ2v) is 8.36. The lowest BCUT2D eigenvalue weighted by Crippen LogP contribution is -2.39. The first kappa shape index (κ1) is 14.3. The van der Waals surface area contributed by atoms with E-state index in [-0.39, 0.29) is 17.2 Å². The molecule has 0 radical (unpaired) electrons. The number of carbonyl (C=O) groups is 1. The molecule has 7 heteroatoms. The number of hydrogen-bond donors (Lipinski definition) is 2. The van der Waals surface area contributed by atoms with Gasteiger partial charge < -0.3 is 10.6 Å². The van der Waals surface area contributed by atoms with Crippen LogP contribution in [-0.4, -0.2) is 33.0 Å². The third kappa shape index (κ3) is 4.83. The van der Waals surface area contributed by atoms with E-state index in [1.54, 1.807) is 11.3 Å². The summed E-state index contributed by atoms with van der Waals surface area (Å²) in [7, 11) is -2.98. The lowest BCUT2D eigenvalue weighted by Gasteiger charge is -2.15. The van der Waals surface area contributed by atoms with E-state index in [1.807, 2.05) is 17.5 Å². The number of carbonyl (C=O) groups excluding carboxylic acids is 1. The Hall–Kier alpha value is -1.08. The second-order valence-electron chi connectivity index (χ2n) is 5.19. The highest BCUT2D eigenvalue weighted by molar-refractivity contribution is 7.90. The van der Waals surface area contributed by atoms with Gasteiger partial charge in [0.2, 0.25) is 0 Å². The highest BCUT2D eigenvalue weighted by Crippen LogP contribution is 2.45. The molecule has 0 aliphatic heterocycles. The van der Waals surface area contributed by atoms with Gasteiger partial charge in [0.1, 0.15) is 9.84 Å². The summed E-state index contributed by atoms with van der Waals surface area (Å²) in [6.45, 7) is 0.929. The smallest absolute Gasteiger partial charge is 0.315 e. The fourth-order valence-electron chi connectivity index (χ4n) is 2.02. The van der Waals surface area contributed by atoms with E-state index in [0.29, 0.717) is 13.1 Å². The minimum Gasteiger partial charge on any atom is -0.338 e. The highest BCUT2D eigenvalue weighted by Gasteiger charge is 2.45. The molecule has 0 unspecified atom stereocenters. The van der Waals surface area contributed by atoms with Crippen molar-refractivity contribution in [3.05, 3.63) is 22.4 Å². The van der Waals surface area contributed by atoms with Crippen LogP contribution < -0.4 is 10.6 Å². The van der Waals surface area contributed by atoms with Crippen LogP contribution in [0.25, 0.3) is 0 Å². The van der Waals surface area contributed by atoms with Crippen LogP contribution in [0.1, 0.15) is 17.7 Å². The fourth-order valence-corrected chi connectivity index (χ4v) is 4.16. The van der Waals surface area contributed by atoms with E-state index < -0.39 is 9.84 Å². The van der Waals surface area contributed by atoms with Gasteiger partial charge in [0.15, 0.2) is 0 Å². The zero-order chi connectivity index (χ0) is 13.9. The Balaban J connectivity index is 1.72. The maximum atomic E-state index is 11.6. The Kier molecular flexibility index (Phi) is 4.15. The standard InChI is InChI=1S/C12H18N2O3S2/c1-19(16,17)9-12(4-5-12)8-14-11(15)13-7-10-3-2-6-18-10/h2-3,6H,4-5,7-9H2,1H3,(H2,13,14,15). The normalized spacial score (nSPS) is 16.9. The number of rotatable bonds is 6. The lowest BCUT2D eigenvalue weighted by atomic mass is 10.1. The number of sulfone groups is 1. The third-order valence-electron chi connectivity index (χ3n) is 3.15. The molecule has 19 heavy (non-hydrogen) atoms. The molecule has 0 saturated heterocycles. The summed E-state index contributed by atoms with van der Waals surface area (Å²) in [4.78, 5) is 12.7. The topological polar surface area (TPSA) is 75.3 Å². The van der Waals surface area contributed by atoms with Crippen molar-refractivity contribution in [1.82, 2.24) is 10.6 Å². The molecule has 1 aromatic rings. The molecule has 2 rings (SSSR count). The van der Waals surface area contributed by atoms with Crippen molar-refractivity contribution in [1.29, 1.82) is 0 Å². The Morgan fingerprint density at radius 3 is 2.68 bits per heavy atom. The Morgan fingerprint density at radius 1 is 1.42 bits per heavy atom. The van der Waals surface area contributed by atoms with Gasteiger partial charge in [0, 0.05) is 23.1 Å². The number of urea groups is 1. The van der Waals surface area contributed by atoms with Gasteiger partial charge in [-0.2, -0.15) is 0 Å². The van der Waals surface area contributed by atoms with Crippen LogP contribution >= 0.6 is 11.3 Å². The van der Waals surface area contributed by atoms with E-state index in [1.165, 1.54) is 6.26 Å². The summed E-state index contributed by atoms with van der Waals surface area (Å²) < 4.78 is 22.6. The predicted molar refractivity (Wildman–Crippen MR) is 75.9 cm³/mol. The average Bonchev–Trinajstić information content (AvgIpc) is 2.87. The Labute approximate surface area is 117 Å². The van der Waals surface area contributed by atoms with Crippen molar-refractivity contribution in [2.45, 2.75) is 19.4 Å². The van der Waals surface area contributed by atoms with Gasteiger partial charge in [-0.25, -0.2) is 13.2 Å². The summed E-state index contributed by atoms with van der Waals surface area (Å²) in [6.07, 6.45) is 2.97. The van der Waals surface area contributed by atoms with Crippen LogP contribution in [0.15, 0.2) is 17.5 Å². The van der Waals surface area contributed by atoms with Gasteiger partial charge in [-0.15, -0.1) is 11.3 Å². The zero-order valence-electron chi connectivity index (χ0n) is 10.8. The Morgan fingerprint density at radius 2 is 2.16 bits per heavy atom. The largest absolute Gasteiger partial charge is 0.338 e. The van der Waals surface area contributed by atoms with E-state index in [4.69, 9.17) is 0 Å². The zero-order valence-corrected chi connectivity index (χ0v) is 12.4. The summed E-state index contributed by atoms with van der Waals surface area (Å²) in [5.74, 6) is 0.158. The molecule has 1 aliphatic rings. The van der Waals surface area contributed by atoms with E-state index in [0.717, 1.165) is 17.7 Å². The van der Waals surface area contributed by atoms with Crippen molar-refractivity contribution in [2.24, 2.45) is 5.41 Å². The first-order valence-corrected chi connectivity index (χ1v) is 9.04. The summed E-state index contributed by atoms with van der Waals surface area (Å²) in [6, 6.07) is 3.65. The predicted octanol–water partition coefficient (Wildman–Crippen LogP) is 1.37. The van der Waals surface area contributed by atoms with Gasteiger partial charge >= 0.3 is 6.03 Å². The third-order valence-corrected chi connectivity index (χ3v) is 5.17. The summed E-state index contributed by atoms with van der Waals surface area (Å²) in [5.41, 5.74) is -0.228. The van der Waals surface area contributed by atoms with Crippen molar-refractivity contribution >= 4 is 27.2 Å². The van der Waals surface area contributed by atoms with Gasteiger partial charge in [0.25, 0.3) is 0 Å². The number of amides is 2. The van der Waals surface area contributed by atoms with E-state index in [2.05, 4.69) is 10.6 Å². The molecule has 106 valence electrons. The minimum absolute atomic E-state index is 0.158. The quantitative estimate of drug-likeness (QED) is 0.833. The molecule has 0 spiro atoms. The number of thiophene rings is 1. The van der Waals surface area contributed by atoms with Crippen LogP contribution in [0.5, 0.6) is 0 Å². The molecule has 2 N–H and O–H groups in total. The molecular formula is C12H18N2O3S2. The van der Waals surface area contributed by atoms with Crippen LogP contribution in [0.2, 0.25) is 0 Å². The van der Waals surface area contributed by atoms with Crippen LogP contribution in [0.3, 0.4) is 0 Å². The second kappa shape index (κ2) is 5.50. The van der Waals surface area contributed by atoms with Crippen molar-refractivity contribution < 1.29 is 13.2 Å². The molecule has 1 aliphatic carbocycles. The maximum absolute atomic E-state index is 11.6. The van der Waals surface area contributed by atoms with Crippen molar-refractivity contribution in [3.8, 4) is 0 Å². The first-order valence-electron chi connectivity index (χ1n) is 6.10. The van der Waals surface area contributed by atoms with Crippen LogP contribution in [-0.2, 0) is 16.4 Å². The molecule has 5 nitrogen and oxygen atoms in total. The summed E-state index contributed by atoms with van der Waals surface area (Å²) >= 11 is 1.59. The number of hydrogen-bond acceptors (Lipinski definition) is 4. The highest BCUT2D eigenvalue weighted by atomic mass is 32.2. The van der Waals surface area contributed by atoms with Crippen LogP contribution in [0, 0.1) is 5.41 Å². The lowest BCUT2D eigenvalue weighted by molar-refractivity contribution is 0.238. The molecule has 1 heterocycles. The molecular weight excluding hydrogens is 284 g/mol.